The number of carboxylic acid groups (broad SMARTS) is 1. The number of carboxylic acids is 1. The van der Waals surface area contributed by atoms with Crippen LogP contribution in [0.1, 0.15) is 24.8 Å². The van der Waals surface area contributed by atoms with Crippen molar-refractivity contribution in [3.05, 3.63) is 35.9 Å². The van der Waals surface area contributed by atoms with Crippen LogP contribution in [0.25, 0.3) is 0 Å². The van der Waals surface area contributed by atoms with Gasteiger partial charge in [0.1, 0.15) is 5.92 Å². The lowest BCUT2D eigenvalue weighted by Gasteiger charge is -2.17. The van der Waals surface area contributed by atoms with E-state index >= 15 is 0 Å². The van der Waals surface area contributed by atoms with Crippen molar-refractivity contribution in [2.45, 2.75) is 25.4 Å². The van der Waals surface area contributed by atoms with E-state index in [1.807, 2.05) is 6.07 Å². The quantitative estimate of drug-likeness (QED) is 0.765. The summed E-state index contributed by atoms with van der Waals surface area (Å²) in [6.07, 6.45) is -0.388. The summed E-state index contributed by atoms with van der Waals surface area (Å²) in [4.78, 5) is 10.9. The van der Waals surface area contributed by atoms with Crippen molar-refractivity contribution in [2.75, 3.05) is 0 Å². The molecule has 1 aromatic carbocycles. The molecule has 0 saturated heterocycles. The number of aliphatic hydroxyl groups excluding tert-OH is 1. The molecule has 0 bridgehead atoms. The van der Waals surface area contributed by atoms with Gasteiger partial charge in [-0.2, -0.15) is 0 Å². The van der Waals surface area contributed by atoms with Crippen LogP contribution >= 0.6 is 0 Å². The van der Waals surface area contributed by atoms with E-state index < -0.39 is 18.0 Å². The molecule has 0 spiro atoms. The predicted octanol–water partition coefficient (Wildman–Crippen LogP) is 1.63. The van der Waals surface area contributed by atoms with Crippen molar-refractivity contribution in [1.29, 1.82) is 0 Å². The van der Waals surface area contributed by atoms with Gasteiger partial charge in [0.15, 0.2) is 0 Å². The first kappa shape index (κ1) is 10.7. The molecule has 14 heavy (non-hydrogen) atoms. The second-order valence-electron chi connectivity index (χ2n) is 3.20. The van der Waals surface area contributed by atoms with E-state index in [0.29, 0.717) is 12.0 Å². The Bertz CT molecular complexity index is 295. The Morgan fingerprint density at radius 2 is 1.93 bits per heavy atom. The number of aliphatic carboxylic acids is 1. The molecule has 2 atom stereocenters. The molecule has 2 N–H and O–H groups in total. The third kappa shape index (κ3) is 2.33. The summed E-state index contributed by atoms with van der Waals surface area (Å²) in [5.74, 6) is -1.80. The van der Waals surface area contributed by atoms with Crippen LogP contribution < -0.4 is 0 Å². The number of carbonyl (C=O) groups is 1. The Hall–Kier alpha value is -1.35. The first-order valence-corrected chi connectivity index (χ1v) is 4.62. The molecule has 0 amide bonds. The maximum Gasteiger partial charge on any atom is 0.313 e. The van der Waals surface area contributed by atoms with Gasteiger partial charge in [0.25, 0.3) is 0 Å². The average Bonchev–Trinajstić information content (AvgIpc) is 2.19. The highest BCUT2D eigenvalue weighted by Crippen LogP contribution is 2.21. The zero-order valence-electron chi connectivity index (χ0n) is 8.05. The minimum atomic E-state index is -0.981. The van der Waals surface area contributed by atoms with Gasteiger partial charge in [0, 0.05) is 0 Å². The highest BCUT2D eigenvalue weighted by molar-refractivity contribution is 5.76. The molecule has 1 rings (SSSR count). The van der Waals surface area contributed by atoms with E-state index in [9.17, 15) is 9.90 Å². The van der Waals surface area contributed by atoms with Gasteiger partial charge in [-0.25, -0.2) is 0 Å². The molecule has 0 aliphatic carbocycles. The first-order chi connectivity index (χ1) is 6.66. The van der Waals surface area contributed by atoms with Gasteiger partial charge >= 0.3 is 5.97 Å². The smallest absolute Gasteiger partial charge is 0.313 e. The number of hydrogen-bond acceptors (Lipinski definition) is 2. The maximum atomic E-state index is 10.9. The Morgan fingerprint density at radius 3 is 2.36 bits per heavy atom. The molecule has 76 valence electrons. The molecular formula is C11H14O3. The standard InChI is InChI=1S/C11H14O3/c1-2-9(12)10(11(13)14)8-6-4-3-5-7-8/h3-7,9-10,12H,2H2,1H3,(H,13,14)/t9-,10-/m1/s1. The third-order valence-corrected chi connectivity index (χ3v) is 2.23. The summed E-state index contributed by atoms with van der Waals surface area (Å²) in [7, 11) is 0. The lowest BCUT2D eigenvalue weighted by molar-refractivity contribution is -0.141. The second kappa shape index (κ2) is 4.77. The Morgan fingerprint density at radius 1 is 1.36 bits per heavy atom. The van der Waals surface area contributed by atoms with Crippen LogP contribution in [0.5, 0.6) is 0 Å². The van der Waals surface area contributed by atoms with E-state index in [4.69, 9.17) is 5.11 Å². The molecule has 0 saturated carbocycles. The zero-order chi connectivity index (χ0) is 10.6. The summed E-state index contributed by atoms with van der Waals surface area (Å²) in [5, 5.41) is 18.5. The van der Waals surface area contributed by atoms with Crippen molar-refractivity contribution in [3.63, 3.8) is 0 Å². The molecule has 0 aliphatic heterocycles. The van der Waals surface area contributed by atoms with Gasteiger partial charge in [-0.05, 0) is 12.0 Å². The number of aliphatic hydroxyl groups is 1. The zero-order valence-corrected chi connectivity index (χ0v) is 8.05. The Balaban J connectivity index is 2.95. The van der Waals surface area contributed by atoms with Crippen LogP contribution in [0, 0.1) is 0 Å². The number of benzene rings is 1. The molecule has 0 heterocycles. The van der Waals surface area contributed by atoms with Crippen LogP contribution in [0.4, 0.5) is 0 Å². The van der Waals surface area contributed by atoms with Gasteiger partial charge < -0.3 is 10.2 Å². The fraction of sp³-hybridized carbons (Fsp3) is 0.364. The van der Waals surface area contributed by atoms with Crippen LogP contribution in [0.2, 0.25) is 0 Å². The predicted molar refractivity (Wildman–Crippen MR) is 53.1 cm³/mol. The second-order valence-corrected chi connectivity index (χ2v) is 3.20. The molecule has 1 aromatic rings. The average molecular weight is 194 g/mol. The molecular weight excluding hydrogens is 180 g/mol. The fourth-order valence-electron chi connectivity index (χ4n) is 1.43. The molecule has 0 aromatic heterocycles. The minimum Gasteiger partial charge on any atom is -0.481 e. The summed E-state index contributed by atoms with van der Waals surface area (Å²) in [6, 6.07) is 8.80. The van der Waals surface area contributed by atoms with Crippen LogP contribution in [0.15, 0.2) is 30.3 Å². The summed E-state index contributed by atoms with van der Waals surface area (Å²) in [6.45, 7) is 1.77. The largest absolute Gasteiger partial charge is 0.481 e. The summed E-state index contributed by atoms with van der Waals surface area (Å²) in [5.41, 5.74) is 0.648. The van der Waals surface area contributed by atoms with Crippen LogP contribution in [-0.4, -0.2) is 22.3 Å². The summed E-state index contributed by atoms with van der Waals surface area (Å²) < 4.78 is 0. The van der Waals surface area contributed by atoms with Gasteiger partial charge in [0.05, 0.1) is 6.10 Å². The van der Waals surface area contributed by atoms with Crippen molar-refractivity contribution < 1.29 is 15.0 Å². The van der Waals surface area contributed by atoms with Gasteiger partial charge in [-0.15, -0.1) is 0 Å². The summed E-state index contributed by atoms with van der Waals surface area (Å²) >= 11 is 0. The topological polar surface area (TPSA) is 57.5 Å². The van der Waals surface area contributed by atoms with E-state index in [0.717, 1.165) is 0 Å². The maximum absolute atomic E-state index is 10.9. The van der Waals surface area contributed by atoms with Crippen molar-refractivity contribution >= 4 is 5.97 Å². The number of rotatable bonds is 4. The van der Waals surface area contributed by atoms with Crippen LogP contribution in [0.3, 0.4) is 0 Å². The van der Waals surface area contributed by atoms with Gasteiger partial charge in [0.2, 0.25) is 0 Å². The van der Waals surface area contributed by atoms with E-state index in [-0.39, 0.29) is 0 Å². The normalized spacial score (nSPS) is 14.7. The Kier molecular flexibility index (Phi) is 3.65. The van der Waals surface area contributed by atoms with Gasteiger partial charge in [-0.3, -0.25) is 4.79 Å². The highest BCUT2D eigenvalue weighted by atomic mass is 16.4. The molecule has 3 nitrogen and oxygen atoms in total. The minimum absolute atomic E-state index is 0.436. The Labute approximate surface area is 83.0 Å². The highest BCUT2D eigenvalue weighted by Gasteiger charge is 2.26. The molecule has 3 heteroatoms. The van der Waals surface area contributed by atoms with Crippen molar-refractivity contribution in [3.8, 4) is 0 Å². The number of hydrogen-bond donors (Lipinski definition) is 2. The lowest BCUT2D eigenvalue weighted by Crippen LogP contribution is -2.25. The van der Waals surface area contributed by atoms with E-state index in [2.05, 4.69) is 0 Å². The van der Waals surface area contributed by atoms with Crippen molar-refractivity contribution in [2.24, 2.45) is 0 Å². The first-order valence-electron chi connectivity index (χ1n) is 4.62. The SMILES string of the molecule is CC[C@@H](O)[C@H](C(=O)O)c1ccccc1. The fourth-order valence-corrected chi connectivity index (χ4v) is 1.43. The lowest BCUT2D eigenvalue weighted by atomic mass is 9.92. The molecule has 0 aliphatic rings. The van der Waals surface area contributed by atoms with E-state index in [1.54, 1.807) is 31.2 Å². The molecule has 0 fully saturated rings. The van der Waals surface area contributed by atoms with Gasteiger partial charge in [-0.1, -0.05) is 37.3 Å². The van der Waals surface area contributed by atoms with Crippen LogP contribution in [-0.2, 0) is 4.79 Å². The molecule has 0 unspecified atom stereocenters. The van der Waals surface area contributed by atoms with Crippen molar-refractivity contribution in [1.82, 2.24) is 0 Å². The molecule has 0 radical (unpaired) electrons. The van der Waals surface area contributed by atoms with E-state index in [1.165, 1.54) is 0 Å². The monoisotopic (exact) mass is 194 g/mol. The third-order valence-electron chi connectivity index (χ3n) is 2.23.